The fraction of sp³-hybridized carbons (Fsp3) is 0.364. The van der Waals surface area contributed by atoms with E-state index in [0.717, 1.165) is 0 Å². The van der Waals surface area contributed by atoms with Crippen LogP contribution in [-0.4, -0.2) is 43.7 Å². The van der Waals surface area contributed by atoms with Crippen LogP contribution < -0.4 is 15.4 Å². The molecule has 1 fully saturated rings. The van der Waals surface area contributed by atoms with E-state index in [1.165, 1.54) is 34.6 Å². The van der Waals surface area contributed by atoms with Crippen molar-refractivity contribution in [2.45, 2.75) is 37.2 Å². The van der Waals surface area contributed by atoms with Gasteiger partial charge in [-0.3, -0.25) is 9.59 Å². The van der Waals surface area contributed by atoms with E-state index in [9.17, 15) is 22.4 Å². The second-order valence-electron chi connectivity index (χ2n) is 7.84. The van der Waals surface area contributed by atoms with Gasteiger partial charge in [-0.05, 0) is 55.7 Å². The standard InChI is InChI=1S/C22H24FN3O5S/c1-2-19-22(28)25-18-13-17(6-7-20(18)31-19)32(29,30)26-10-8-14(9-11-26)21(27)24-16-5-3-4-15(23)12-16/h3-7,12-14,19H,2,8-11H2,1H3,(H,24,27)(H,25,28)/t19-/m0/s1. The first kappa shape index (κ1) is 22.2. The number of fused-ring (bicyclic) bond motifs is 1. The molecular formula is C22H24FN3O5S. The first-order chi connectivity index (χ1) is 15.3. The van der Waals surface area contributed by atoms with Gasteiger partial charge in [0.1, 0.15) is 11.6 Å². The molecule has 2 N–H and O–H groups in total. The van der Waals surface area contributed by atoms with E-state index >= 15 is 0 Å². The lowest BCUT2D eigenvalue weighted by molar-refractivity contribution is -0.123. The van der Waals surface area contributed by atoms with Crippen molar-refractivity contribution >= 4 is 33.2 Å². The second-order valence-corrected chi connectivity index (χ2v) is 9.78. The van der Waals surface area contributed by atoms with Gasteiger partial charge in [0, 0.05) is 24.7 Å². The minimum absolute atomic E-state index is 0.0535. The zero-order chi connectivity index (χ0) is 22.9. The van der Waals surface area contributed by atoms with Gasteiger partial charge in [0.2, 0.25) is 15.9 Å². The number of piperidine rings is 1. The number of amides is 2. The quantitative estimate of drug-likeness (QED) is 0.712. The molecule has 2 aliphatic rings. The van der Waals surface area contributed by atoms with Gasteiger partial charge in [0.25, 0.3) is 5.91 Å². The van der Waals surface area contributed by atoms with E-state index in [1.807, 2.05) is 6.92 Å². The number of hydrogen-bond donors (Lipinski definition) is 2. The summed E-state index contributed by atoms with van der Waals surface area (Å²) in [4.78, 5) is 24.6. The van der Waals surface area contributed by atoms with Crippen LogP contribution in [0.1, 0.15) is 26.2 Å². The molecule has 0 radical (unpaired) electrons. The van der Waals surface area contributed by atoms with E-state index in [-0.39, 0.29) is 35.7 Å². The fourth-order valence-corrected chi connectivity index (χ4v) is 5.37. The summed E-state index contributed by atoms with van der Waals surface area (Å²) < 4.78 is 46.5. The Labute approximate surface area is 185 Å². The third-order valence-electron chi connectivity index (χ3n) is 5.70. The number of benzene rings is 2. The maximum atomic E-state index is 13.3. The van der Waals surface area contributed by atoms with Crippen molar-refractivity contribution < 1.29 is 27.1 Å². The Kier molecular flexibility index (Phi) is 6.16. The molecule has 170 valence electrons. The second kappa shape index (κ2) is 8.87. The Morgan fingerprint density at radius 2 is 1.97 bits per heavy atom. The molecule has 0 aliphatic carbocycles. The van der Waals surface area contributed by atoms with Crippen molar-refractivity contribution in [1.29, 1.82) is 0 Å². The highest BCUT2D eigenvalue weighted by Crippen LogP contribution is 2.34. The van der Waals surface area contributed by atoms with E-state index < -0.39 is 21.9 Å². The molecule has 10 heteroatoms. The number of ether oxygens (including phenoxy) is 1. The molecule has 0 bridgehead atoms. The highest BCUT2D eigenvalue weighted by Gasteiger charge is 2.33. The molecule has 0 unspecified atom stereocenters. The smallest absolute Gasteiger partial charge is 0.265 e. The van der Waals surface area contributed by atoms with Gasteiger partial charge < -0.3 is 15.4 Å². The first-order valence-electron chi connectivity index (χ1n) is 10.5. The highest BCUT2D eigenvalue weighted by molar-refractivity contribution is 7.89. The maximum absolute atomic E-state index is 13.3. The molecule has 0 spiro atoms. The number of carbonyl (C=O) groups is 2. The van der Waals surface area contributed by atoms with Gasteiger partial charge >= 0.3 is 0 Å². The SMILES string of the molecule is CC[C@@H]1Oc2ccc(S(=O)(=O)N3CCC(C(=O)Nc4cccc(F)c4)CC3)cc2NC1=O. The van der Waals surface area contributed by atoms with Crippen LogP contribution in [0, 0.1) is 11.7 Å². The summed E-state index contributed by atoms with van der Waals surface area (Å²) in [5, 5.41) is 5.38. The maximum Gasteiger partial charge on any atom is 0.265 e. The largest absolute Gasteiger partial charge is 0.478 e. The summed E-state index contributed by atoms with van der Waals surface area (Å²) in [6.07, 6.45) is 0.613. The van der Waals surface area contributed by atoms with Gasteiger partial charge in [-0.15, -0.1) is 0 Å². The van der Waals surface area contributed by atoms with Crippen LogP contribution in [0.15, 0.2) is 47.4 Å². The molecule has 0 aromatic heterocycles. The van der Waals surface area contributed by atoms with Crippen molar-refractivity contribution in [3.05, 3.63) is 48.3 Å². The Balaban J connectivity index is 1.41. The lowest BCUT2D eigenvalue weighted by Crippen LogP contribution is -2.41. The minimum Gasteiger partial charge on any atom is -0.478 e. The fourth-order valence-electron chi connectivity index (χ4n) is 3.88. The molecule has 32 heavy (non-hydrogen) atoms. The van der Waals surface area contributed by atoms with Gasteiger partial charge in [-0.25, -0.2) is 12.8 Å². The van der Waals surface area contributed by atoms with Gasteiger partial charge in [0.05, 0.1) is 10.6 Å². The van der Waals surface area contributed by atoms with Crippen LogP contribution in [0.5, 0.6) is 5.75 Å². The third-order valence-corrected chi connectivity index (χ3v) is 7.59. The zero-order valence-corrected chi connectivity index (χ0v) is 18.3. The monoisotopic (exact) mass is 461 g/mol. The molecular weight excluding hydrogens is 437 g/mol. The van der Waals surface area contributed by atoms with Crippen LogP contribution in [0.3, 0.4) is 0 Å². The highest BCUT2D eigenvalue weighted by atomic mass is 32.2. The number of nitrogens with one attached hydrogen (secondary N) is 2. The molecule has 4 rings (SSSR count). The Morgan fingerprint density at radius 1 is 1.22 bits per heavy atom. The summed E-state index contributed by atoms with van der Waals surface area (Å²) in [6, 6.07) is 10.0. The van der Waals surface area contributed by atoms with E-state index in [1.54, 1.807) is 12.1 Å². The van der Waals surface area contributed by atoms with E-state index in [2.05, 4.69) is 10.6 Å². The molecule has 2 aromatic carbocycles. The van der Waals surface area contributed by atoms with Crippen LogP contribution in [0.25, 0.3) is 0 Å². The Morgan fingerprint density at radius 3 is 2.66 bits per heavy atom. The average molecular weight is 462 g/mol. The molecule has 8 nitrogen and oxygen atoms in total. The number of nitrogens with zero attached hydrogens (tertiary/aromatic N) is 1. The van der Waals surface area contributed by atoms with Crippen molar-refractivity contribution in [2.75, 3.05) is 23.7 Å². The normalized spacial score (nSPS) is 19.6. The molecule has 2 aliphatic heterocycles. The lowest BCUT2D eigenvalue weighted by atomic mass is 9.97. The number of anilines is 2. The predicted octanol–water partition coefficient (Wildman–Crippen LogP) is 2.97. The lowest BCUT2D eigenvalue weighted by Gasteiger charge is -2.31. The van der Waals surface area contributed by atoms with Crippen LogP contribution in [0.2, 0.25) is 0 Å². The minimum atomic E-state index is -3.80. The Hall–Kier alpha value is -2.98. The van der Waals surface area contributed by atoms with E-state index in [4.69, 9.17) is 4.74 Å². The summed E-state index contributed by atoms with van der Waals surface area (Å²) in [5.74, 6) is -0.943. The molecule has 2 heterocycles. The van der Waals surface area contributed by atoms with Crippen LogP contribution in [0.4, 0.5) is 15.8 Å². The number of carbonyl (C=O) groups excluding carboxylic acids is 2. The Bertz CT molecular complexity index is 1150. The molecule has 2 aromatic rings. The van der Waals surface area contributed by atoms with Crippen molar-refractivity contribution in [1.82, 2.24) is 4.31 Å². The zero-order valence-electron chi connectivity index (χ0n) is 17.5. The van der Waals surface area contributed by atoms with Crippen LogP contribution >= 0.6 is 0 Å². The molecule has 1 saturated heterocycles. The number of rotatable bonds is 5. The molecule has 2 amide bonds. The van der Waals surface area contributed by atoms with Gasteiger partial charge in [0.15, 0.2) is 6.10 Å². The van der Waals surface area contributed by atoms with Gasteiger partial charge in [-0.1, -0.05) is 13.0 Å². The molecule has 0 saturated carbocycles. The number of halogens is 1. The van der Waals surface area contributed by atoms with Crippen molar-refractivity contribution in [3.8, 4) is 5.75 Å². The predicted molar refractivity (Wildman–Crippen MR) is 116 cm³/mol. The first-order valence-corrected chi connectivity index (χ1v) is 11.9. The topological polar surface area (TPSA) is 105 Å². The third kappa shape index (κ3) is 4.46. The summed E-state index contributed by atoms with van der Waals surface area (Å²) in [5.41, 5.74) is 0.693. The van der Waals surface area contributed by atoms with Crippen molar-refractivity contribution in [2.24, 2.45) is 5.92 Å². The molecule has 1 atom stereocenters. The van der Waals surface area contributed by atoms with E-state index in [0.29, 0.717) is 36.4 Å². The van der Waals surface area contributed by atoms with Crippen molar-refractivity contribution in [3.63, 3.8) is 0 Å². The number of sulfonamides is 1. The summed E-state index contributed by atoms with van der Waals surface area (Å²) in [6.45, 7) is 2.19. The van der Waals surface area contributed by atoms with Crippen LogP contribution in [-0.2, 0) is 19.6 Å². The summed E-state index contributed by atoms with van der Waals surface area (Å²) >= 11 is 0. The van der Waals surface area contributed by atoms with Gasteiger partial charge in [-0.2, -0.15) is 4.31 Å². The average Bonchev–Trinajstić information content (AvgIpc) is 2.78. The number of hydrogen-bond acceptors (Lipinski definition) is 5. The summed E-state index contributed by atoms with van der Waals surface area (Å²) in [7, 11) is -3.80.